The summed E-state index contributed by atoms with van der Waals surface area (Å²) in [5.41, 5.74) is 2.33. The molecule has 2 atom stereocenters. The van der Waals surface area contributed by atoms with Gasteiger partial charge in [-0.2, -0.15) is 0 Å². The van der Waals surface area contributed by atoms with Crippen molar-refractivity contribution in [3.05, 3.63) is 33.8 Å². The first-order valence-electron chi connectivity index (χ1n) is 6.06. The third-order valence-electron chi connectivity index (χ3n) is 3.80. The number of nitrogens with one attached hydrogen (secondary N) is 1. The first-order valence-corrected chi connectivity index (χ1v) is 6.44. The maximum Gasteiger partial charge on any atom is 0.407 e. The number of carbonyl (C=O) groups excluding carboxylic acids is 1. The summed E-state index contributed by atoms with van der Waals surface area (Å²) in [6.07, 6.45) is -0.955. The van der Waals surface area contributed by atoms with Gasteiger partial charge in [-0.25, -0.2) is 4.79 Å². The monoisotopic (exact) mass is 280 g/mol. The van der Waals surface area contributed by atoms with E-state index in [0.717, 1.165) is 11.1 Å². The number of carboxylic acid groups (broad SMARTS) is 1. The Labute approximate surface area is 115 Å². The average Bonchev–Trinajstić information content (AvgIpc) is 2.71. The van der Waals surface area contributed by atoms with Gasteiger partial charge in [0.1, 0.15) is 0 Å². The van der Waals surface area contributed by atoms with Crippen molar-refractivity contribution < 1.29 is 14.7 Å². The lowest BCUT2D eigenvalue weighted by Crippen LogP contribution is -2.44. The lowest BCUT2D eigenvalue weighted by atomic mass is 9.85. The summed E-state index contributed by atoms with van der Waals surface area (Å²) < 4.78 is 0. The fourth-order valence-corrected chi connectivity index (χ4v) is 3.33. The van der Waals surface area contributed by atoms with Crippen molar-refractivity contribution in [2.45, 2.75) is 18.9 Å². The van der Waals surface area contributed by atoms with E-state index in [0.29, 0.717) is 23.7 Å². The molecule has 2 N–H and O–H groups in total. The van der Waals surface area contributed by atoms with Crippen LogP contribution >= 0.6 is 11.6 Å². The SMILES string of the molecule is Cc1cc(Cl)c2c(c1)C1CN(C(=O)O)CC1NC2=O. The number of hydrogen-bond donors (Lipinski definition) is 2. The zero-order valence-corrected chi connectivity index (χ0v) is 11.1. The molecule has 19 heavy (non-hydrogen) atoms. The third kappa shape index (κ3) is 1.85. The topological polar surface area (TPSA) is 69.6 Å². The summed E-state index contributed by atoms with van der Waals surface area (Å²) in [4.78, 5) is 24.5. The van der Waals surface area contributed by atoms with E-state index in [9.17, 15) is 9.59 Å². The maximum atomic E-state index is 12.1. The molecule has 0 aliphatic carbocycles. The van der Waals surface area contributed by atoms with Crippen LogP contribution in [-0.2, 0) is 0 Å². The van der Waals surface area contributed by atoms with E-state index in [4.69, 9.17) is 16.7 Å². The number of amides is 2. The molecular formula is C13H13ClN2O3. The quantitative estimate of drug-likeness (QED) is 0.762. The third-order valence-corrected chi connectivity index (χ3v) is 4.10. The molecule has 2 unspecified atom stereocenters. The Morgan fingerprint density at radius 1 is 1.47 bits per heavy atom. The minimum atomic E-state index is -0.955. The van der Waals surface area contributed by atoms with Gasteiger partial charge < -0.3 is 15.3 Å². The second-order valence-electron chi connectivity index (χ2n) is 5.08. The number of aryl methyl sites for hydroxylation is 1. The van der Waals surface area contributed by atoms with Crippen molar-refractivity contribution in [3.8, 4) is 0 Å². The molecule has 1 aromatic rings. The van der Waals surface area contributed by atoms with Gasteiger partial charge in [-0.3, -0.25) is 4.79 Å². The van der Waals surface area contributed by atoms with E-state index in [2.05, 4.69) is 5.32 Å². The highest BCUT2D eigenvalue weighted by Crippen LogP contribution is 2.37. The summed E-state index contributed by atoms with van der Waals surface area (Å²) >= 11 is 6.14. The summed E-state index contributed by atoms with van der Waals surface area (Å²) in [5.74, 6) is -0.227. The van der Waals surface area contributed by atoms with E-state index in [1.807, 2.05) is 13.0 Å². The maximum absolute atomic E-state index is 12.1. The van der Waals surface area contributed by atoms with Crippen LogP contribution in [0.4, 0.5) is 4.79 Å². The van der Waals surface area contributed by atoms with Gasteiger partial charge >= 0.3 is 6.09 Å². The van der Waals surface area contributed by atoms with Crippen molar-refractivity contribution in [1.82, 2.24) is 10.2 Å². The Bertz CT molecular complexity index is 587. The molecule has 0 bridgehead atoms. The van der Waals surface area contributed by atoms with Gasteiger partial charge in [0.2, 0.25) is 0 Å². The van der Waals surface area contributed by atoms with Crippen LogP contribution in [-0.4, -0.2) is 41.1 Å². The Balaban J connectivity index is 2.08. The largest absolute Gasteiger partial charge is 0.465 e. The second kappa shape index (κ2) is 4.13. The lowest BCUT2D eigenvalue weighted by molar-refractivity contribution is 0.0921. The minimum Gasteiger partial charge on any atom is -0.465 e. The predicted octanol–water partition coefficient (Wildman–Crippen LogP) is 1.84. The highest BCUT2D eigenvalue weighted by atomic mass is 35.5. The average molecular weight is 281 g/mol. The highest BCUT2D eigenvalue weighted by molar-refractivity contribution is 6.34. The summed E-state index contributed by atoms with van der Waals surface area (Å²) in [7, 11) is 0. The Morgan fingerprint density at radius 2 is 2.21 bits per heavy atom. The van der Waals surface area contributed by atoms with Gasteiger partial charge in [-0.15, -0.1) is 0 Å². The number of benzene rings is 1. The molecule has 0 aromatic heterocycles. The van der Waals surface area contributed by atoms with Crippen molar-refractivity contribution >= 4 is 23.6 Å². The van der Waals surface area contributed by atoms with Crippen molar-refractivity contribution in [2.75, 3.05) is 13.1 Å². The van der Waals surface area contributed by atoms with Crippen molar-refractivity contribution in [3.63, 3.8) is 0 Å². The van der Waals surface area contributed by atoms with Crippen LogP contribution in [0.1, 0.15) is 27.4 Å². The number of likely N-dealkylation sites (tertiary alicyclic amines) is 1. The van der Waals surface area contributed by atoms with Crippen LogP contribution in [0, 0.1) is 6.92 Å². The number of fused-ring (bicyclic) bond motifs is 3. The summed E-state index contributed by atoms with van der Waals surface area (Å²) in [6, 6.07) is 3.53. The van der Waals surface area contributed by atoms with Crippen LogP contribution < -0.4 is 5.32 Å². The number of carbonyl (C=O) groups is 2. The van der Waals surface area contributed by atoms with E-state index >= 15 is 0 Å². The smallest absolute Gasteiger partial charge is 0.407 e. The molecule has 0 saturated carbocycles. The molecular weight excluding hydrogens is 268 g/mol. The van der Waals surface area contributed by atoms with Crippen LogP contribution in [0.25, 0.3) is 0 Å². The first kappa shape index (κ1) is 12.3. The van der Waals surface area contributed by atoms with E-state index < -0.39 is 6.09 Å². The van der Waals surface area contributed by atoms with Crippen LogP contribution in [0.5, 0.6) is 0 Å². The Hall–Kier alpha value is -1.75. The Morgan fingerprint density at radius 3 is 2.89 bits per heavy atom. The predicted molar refractivity (Wildman–Crippen MR) is 69.8 cm³/mol. The molecule has 1 saturated heterocycles. The fourth-order valence-electron chi connectivity index (χ4n) is 2.96. The zero-order valence-electron chi connectivity index (χ0n) is 10.3. The molecule has 0 radical (unpaired) electrons. The molecule has 2 aliphatic heterocycles. The normalized spacial score (nSPS) is 24.7. The molecule has 2 aliphatic rings. The number of halogens is 1. The van der Waals surface area contributed by atoms with Gasteiger partial charge in [0, 0.05) is 19.0 Å². The molecule has 5 nitrogen and oxygen atoms in total. The molecule has 0 spiro atoms. The van der Waals surface area contributed by atoms with E-state index in [1.165, 1.54) is 4.90 Å². The fraction of sp³-hybridized carbons (Fsp3) is 0.385. The number of hydrogen-bond acceptors (Lipinski definition) is 2. The van der Waals surface area contributed by atoms with Crippen LogP contribution in [0.3, 0.4) is 0 Å². The number of rotatable bonds is 0. The molecule has 6 heteroatoms. The minimum absolute atomic E-state index is 0.0128. The van der Waals surface area contributed by atoms with Gasteiger partial charge in [-0.1, -0.05) is 17.7 Å². The standard InChI is InChI=1S/C13H13ClN2O3/c1-6-2-7-8-4-16(13(18)19)5-10(8)15-12(17)11(7)9(14)3-6/h2-3,8,10H,4-5H2,1H3,(H,15,17)(H,18,19). The van der Waals surface area contributed by atoms with Crippen molar-refractivity contribution in [2.24, 2.45) is 0 Å². The Kier molecular flexibility index (Phi) is 2.67. The van der Waals surface area contributed by atoms with E-state index in [1.54, 1.807) is 6.07 Å². The lowest BCUT2D eigenvalue weighted by Gasteiger charge is -2.28. The summed E-state index contributed by atoms with van der Waals surface area (Å²) in [6.45, 7) is 2.64. The van der Waals surface area contributed by atoms with Crippen LogP contribution in [0.15, 0.2) is 12.1 Å². The van der Waals surface area contributed by atoms with E-state index in [-0.39, 0.29) is 17.9 Å². The molecule has 3 rings (SSSR count). The highest BCUT2D eigenvalue weighted by Gasteiger charge is 2.42. The molecule has 2 heterocycles. The second-order valence-corrected chi connectivity index (χ2v) is 5.49. The van der Waals surface area contributed by atoms with Gasteiger partial charge in [0.15, 0.2) is 0 Å². The van der Waals surface area contributed by atoms with Gasteiger partial charge in [0.05, 0.1) is 16.6 Å². The first-order chi connectivity index (χ1) is 8.97. The summed E-state index contributed by atoms with van der Waals surface area (Å²) in [5, 5.41) is 12.4. The molecule has 1 fully saturated rings. The molecule has 1 aromatic carbocycles. The van der Waals surface area contributed by atoms with Gasteiger partial charge in [-0.05, 0) is 24.1 Å². The molecule has 100 valence electrons. The van der Waals surface area contributed by atoms with Gasteiger partial charge in [0.25, 0.3) is 5.91 Å². The number of nitrogens with zero attached hydrogens (tertiary/aromatic N) is 1. The zero-order chi connectivity index (χ0) is 13.7. The van der Waals surface area contributed by atoms with Crippen LogP contribution in [0.2, 0.25) is 5.02 Å². The molecule has 2 amide bonds. The van der Waals surface area contributed by atoms with Crippen molar-refractivity contribution in [1.29, 1.82) is 0 Å².